The highest BCUT2D eigenvalue weighted by Crippen LogP contribution is 2.48. The molecule has 1 aromatic rings. The summed E-state index contributed by atoms with van der Waals surface area (Å²) in [4.78, 5) is 12.3. The van der Waals surface area contributed by atoms with Crippen molar-refractivity contribution in [2.75, 3.05) is 6.54 Å². The normalized spacial score (nSPS) is 18.4. The lowest BCUT2D eigenvalue weighted by Gasteiger charge is -2.20. The van der Waals surface area contributed by atoms with E-state index in [1.807, 2.05) is 30.3 Å². The van der Waals surface area contributed by atoms with Crippen molar-refractivity contribution in [1.82, 2.24) is 5.32 Å². The van der Waals surface area contributed by atoms with Crippen molar-refractivity contribution in [2.24, 2.45) is 11.7 Å². The Morgan fingerprint density at radius 2 is 1.94 bits per heavy atom. The van der Waals surface area contributed by atoms with Gasteiger partial charge in [0.2, 0.25) is 5.91 Å². The van der Waals surface area contributed by atoms with Crippen molar-refractivity contribution in [3.05, 3.63) is 35.9 Å². The molecule has 2 rings (SSSR count). The van der Waals surface area contributed by atoms with Crippen LogP contribution in [-0.2, 0) is 10.2 Å². The monoisotopic (exact) mass is 246 g/mol. The van der Waals surface area contributed by atoms with Gasteiger partial charge in [-0.25, -0.2) is 0 Å². The van der Waals surface area contributed by atoms with Crippen LogP contribution >= 0.6 is 0 Å². The zero-order valence-electron chi connectivity index (χ0n) is 11.1. The van der Waals surface area contributed by atoms with E-state index >= 15 is 0 Å². The summed E-state index contributed by atoms with van der Waals surface area (Å²) in [5.41, 5.74) is 6.80. The summed E-state index contributed by atoms with van der Waals surface area (Å²) in [5.74, 6) is 0.516. The molecule has 98 valence electrons. The van der Waals surface area contributed by atoms with Crippen molar-refractivity contribution in [2.45, 2.75) is 38.1 Å². The first-order valence-corrected chi connectivity index (χ1v) is 6.66. The molecule has 0 heterocycles. The van der Waals surface area contributed by atoms with Gasteiger partial charge in [0.15, 0.2) is 0 Å². The molecular weight excluding hydrogens is 224 g/mol. The summed E-state index contributed by atoms with van der Waals surface area (Å²) in [5, 5.41) is 3.00. The number of carbonyl (C=O) groups excluding carboxylic acids is 1. The van der Waals surface area contributed by atoms with Crippen LogP contribution in [0, 0.1) is 5.92 Å². The van der Waals surface area contributed by atoms with Crippen molar-refractivity contribution >= 4 is 5.91 Å². The Morgan fingerprint density at radius 3 is 2.44 bits per heavy atom. The minimum absolute atomic E-state index is 0.0283. The molecule has 1 aliphatic rings. The van der Waals surface area contributed by atoms with Crippen LogP contribution in [0.2, 0.25) is 0 Å². The van der Waals surface area contributed by atoms with Crippen LogP contribution in [0.25, 0.3) is 0 Å². The van der Waals surface area contributed by atoms with Crippen LogP contribution in [0.15, 0.2) is 30.3 Å². The summed E-state index contributed by atoms with van der Waals surface area (Å²) >= 11 is 0. The molecule has 3 heteroatoms. The van der Waals surface area contributed by atoms with E-state index < -0.39 is 0 Å². The predicted octanol–water partition coefficient (Wildman–Crippen LogP) is 1.82. The number of nitrogens with one attached hydrogen (secondary N) is 1. The third-order valence-electron chi connectivity index (χ3n) is 3.87. The smallest absolute Gasteiger partial charge is 0.230 e. The topological polar surface area (TPSA) is 55.1 Å². The van der Waals surface area contributed by atoms with Crippen molar-refractivity contribution < 1.29 is 4.79 Å². The molecule has 1 atom stereocenters. The number of hydrogen-bond donors (Lipinski definition) is 2. The van der Waals surface area contributed by atoms with Gasteiger partial charge in [0.05, 0.1) is 5.41 Å². The SMILES string of the molecule is CC(C)C(N)CNC(=O)C1(c2ccccc2)CC1. The average Bonchev–Trinajstić information content (AvgIpc) is 3.18. The molecule has 0 bridgehead atoms. The molecule has 1 aromatic carbocycles. The standard InChI is InChI=1S/C15H22N2O/c1-11(2)13(16)10-17-14(18)15(8-9-15)12-6-4-3-5-7-12/h3-7,11,13H,8-10,16H2,1-2H3,(H,17,18). The van der Waals surface area contributed by atoms with Crippen molar-refractivity contribution in [1.29, 1.82) is 0 Å². The van der Waals surface area contributed by atoms with E-state index in [-0.39, 0.29) is 17.4 Å². The Labute approximate surface area is 109 Å². The number of amides is 1. The zero-order valence-corrected chi connectivity index (χ0v) is 11.1. The Kier molecular flexibility index (Phi) is 3.71. The largest absolute Gasteiger partial charge is 0.354 e. The lowest BCUT2D eigenvalue weighted by atomic mass is 9.95. The molecule has 3 N–H and O–H groups in total. The molecule has 1 aliphatic carbocycles. The highest BCUT2D eigenvalue weighted by molar-refractivity contribution is 5.91. The lowest BCUT2D eigenvalue weighted by Crippen LogP contribution is -2.44. The van der Waals surface area contributed by atoms with Gasteiger partial charge >= 0.3 is 0 Å². The number of carbonyl (C=O) groups is 1. The van der Waals surface area contributed by atoms with E-state index in [0.29, 0.717) is 12.5 Å². The first kappa shape index (κ1) is 13.1. The van der Waals surface area contributed by atoms with Gasteiger partial charge in [0, 0.05) is 12.6 Å². The summed E-state index contributed by atoms with van der Waals surface area (Å²) in [6, 6.07) is 10.1. The molecular formula is C15H22N2O. The van der Waals surface area contributed by atoms with Gasteiger partial charge in [0.1, 0.15) is 0 Å². The number of benzene rings is 1. The number of hydrogen-bond acceptors (Lipinski definition) is 2. The van der Waals surface area contributed by atoms with Crippen LogP contribution < -0.4 is 11.1 Å². The zero-order chi connectivity index (χ0) is 13.2. The van der Waals surface area contributed by atoms with E-state index in [9.17, 15) is 4.79 Å². The molecule has 0 saturated heterocycles. The fraction of sp³-hybridized carbons (Fsp3) is 0.533. The fourth-order valence-corrected chi connectivity index (χ4v) is 2.14. The second-order valence-corrected chi connectivity index (χ2v) is 5.57. The number of nitrogens with two attached hydrogens (primary N) is 1. The first-order chi connectivity index (χ1) is 8.56. The maximum atomic E-state index is 12.3. The highest BCUT2D eigenvalue weighted by atomic mass is 16.2. The Balaban J connectivity index is 1.98. The summed E-state index contributed by atoms with van der Waals surface area (Å²) in [6.45, 7) is 4.70. The van der Waals surface area contributed by atoms with E-state index in [4.69, 9.17) is 5.73 Å². The molecule has 1 amide bonds. The minimum atomic E-state index is -0.280. The maximum absolute atomic E-state index is 12.3. The van der Waals surface area contributed by atoms with E-state index in [1.165, 1.54) is 0 Å². The second kappa shape index (κ2) is 5.11. The maximum Gasteiger partial charge on any atom is 0.230 e. The lowest BCUT2D eigenvalue weighted by molar-refractivity contribution is -0.123. The Hall–Kier alpha value is -1.35. The minimum Gasteiger partial charge on any atom is -0.354 e. The summed E-state index contributed by atoms with van der Waals surface area (Å²) in [7, 11) is 0. The second-order valence-electron chi connectivity index (χ2n) is 5.57. The van der Waals surface area contributed by atoms with Crippen LogP contribution in [-0.4, -0.2) is 18.5 Å². The third-order valence-corrected chi connectivity index (χ3v) is 3.87. The molecule has 1 saturated carbocycles. The van der Waals surface area contributed by atoms with Crippen LogP contribution in [0.4, 0.5) is 0 Å². The third kappa shape index (κ3) is 2.56. The van der Waals surface area contributed by atoms with Gasteiger partial charge in [-0.2, -0.15) is 0 Å². The van der Waals surface area contributed by atoms with Gasteiger partial charge in [-0.15, -0.1) is 0 Å². The van der Waals surface area contributed by atoms with E-state index in [0.717, 1.165) is 18.4 Å². The van der Waals surface area contributed by atoms with Gasteiger partial charge < -0.3 is 11.1 Å². The summed E-state index contributed by atoms with van der Waals surface area (Å²) < 4.78 is 0. The van der Waals surface area contributed by atoms with Crippen molar-refractivity contribution in [3.63, 3.8) is 0 Å². The van der Waals surface area contributed by atoms with Gasteiger partial charge in [-0.05, 0) is 24.3 Å². The van der Waals surface area contributed by atoms with Crippen LogP contribution in [0.5, 0.6) is 0 Å². The van der Waals surface area contributed by atoms with Gasteiger partial charge in [-0.3, -0.25) is 4.79 Å². The van der Waals surface area contributed by atoms with Crippen molar-refractivity contribution in [3.8, 4) is 0 Å². The fourth-order valence-electron chi connectivity index (χ4n) is 2.14. The van der Waals surface area contributed by atoms with Gasteiger partial charge in [-0.1, -0.05) is 44.2 Å². The molecule has 1 unspecified atom stereocenters. The Morgan fingerprint density at radius 1 is 1.33 bits per heavy atom. The predicted molar refractivity (Wildman–Crippen MR) is 73.2 cm³/mol. The Bertz CT molecular complexity index is 410. The van der Waals surface area contributed by atoms with Gasteiger partial charge in [0.25, 0.3) is 0 Å². The van der Waals surface area contributed by atoms with Crippen LogP contribution in [0.1, 0.15) is 32.3 Å². The molecule has 0 radical (unpaired) electrons. The van der Waals surface area contributed by atoms with Crippen LogP contribution in [0.3, 0.4) is 0 Å². The summed E-state index contributed by atoms with van der Waals surface area (Å²) in [6.07, 6.45) is 1.89. The average molecular weight is 246 g/mol. The molecule has 1 fully saturated rings. The molecule has 0 spiro atoms. The number of rotatable bonds is 5. The molecule has 3 nitrogen and oxygen atoms in total. The highest BCUT2D eigenvalue weighted by Gasteiger charge is 2.50. The first-order valence-electron chi connectivity index (χ1n) is 6.66. The van der Waals surface area contributed by atoms with E-state index in [1.54, 1.807) is 0 Å². The quantitative estimate of drug-likeness (QED) is 0.832. The van der Waals surface area contributed by atoms with E-state index in [2.05, 4.69) is 19.2 Å². The molecule has 0 aromatic heterocycles. The molecule has 0 aliphatic heterocycles. The molecule has 18 heavy (non-hydrogen) atoms.